The van der Waals surface area contributed by atoms with Crippen LogP contribution in [0.1, 0.15) is 12.0 Å². The van der Waals surface area contributed by atoms with Crippen LogP contribution in [0.2, 0.25) is 0 Å². The van der Waals surface area contributed by atoms with Crippen molar-refractivity contribution in [2.45, 2.75) is 6.42 Å². The normalized spacial score (nSPS) is 10.9. The van der Waals surface area contributed by atoms with Gasteiger partial charge in [-0.2, -0.15) is 5.26 Å². The van der Waals surface area contributed by atoms with Crippen LogP contribution in [0.5, 0.6) is 5.75 Å². The lowest BCUT2D eigenvalue weighted by molar-refractivity contribution is 0.317. The van der Waals surface area contributed by atoms with Gasteiger partial charge in [-0.25, -0.2) is 8.42 Å². The Kier molecular flexibility index (Phi) is 4.97. The zero-order chi connectivity index (χ0) is 12.9. The molecule has 0 aliphatic rings. The second-order valence-corrected chi connectivity index (χ2v) is 6.76. The molecule has 17 heavy (non-hydrogen) atoms. The minimum Gasteiger partial charge on any atom is -0.492 e. The average Bonchev–Trinajstić information content (AvgIpc) is 2.24. The zero-order valence-electron chi connectivity index (χ0n) is 9.31. The molecule has 0 aliphatic carbocycles. The maximum Gasteiger partial charge on any atom is 0.147 e. The van der Waals surface area contributed by atoms with E-state index in [2.05, 4.69) is 15.9 Å². The van der Waals surface area contributed by atoms with E-state index in [9.17, 15) is 8.42 Å². The Balaban J connectivity index is 2.56. The third-order valence-corrected chi connectivity index (χ3v) is 3.50. The third kappa shape index (κ3) is 5.20. The summed E-state index contributed by atoms with van der Waals surface area (Å²) >= 11 is 3.26. The van der Waals surface area contributed by atoms with E-state index in [1.165, 1.54) is 6.26 Å². The summed E-state index contributed by atoms with van der Waals surface area (Å²) < 4.78 is 28.0. The van der Waals surface area contributed by atoms with Crippen LogP contribution in [0.3, 0.4) is 0 Å². The fraction of sp³-hybridized carbons (Fsp3) is 0.364. The van der Waals surface area contributed by atoms with Gasteiger partial charge in [0.05, 0.1) is 17.9 Å². The molecular formula is C11H12BrNO3S. The summed E-state index contributed by atoms with van der Waals surface area (Å²) in [5, 5.41) is 8.88. The molecule has 1 aromatic carbocycles. The van der Waals surface area contributed by atoms with Crippen LogP contribution in [-0.4, -0.2) is 27.0 Å². The minimum absolute atomic E-state index is 0.0887. The quantitative estimate of drug-likeness (QED) is 0.780. The van der Waals surface area contributed by atoms with Gasteiger partial charge in [0.1, 0.15) is 21.7 Å². The van der Waals surface area contributed by atoms with Gasteiger partial charge < -0.3 is 4.74 Å². The number of halogens is 1. The number of nitrogens with zero attached hydrogens (tertiary/aromatic N) is 1. The number of hydrogen-bond acceptors (Lipinski definition) is 4. The lowest BCUT2D eigenvalue weighted by Crippen LogP contribution is -2.08. The van der Waals surface area contributed by atoms with Crippen molar-refractivity contribution in [1.82, 2.24) is 0 Å². The van der Waals surface area contributed by atoms with Gasteiger partial charge in [0.25, 0.3) is 0 Å². The molecule has 0 fully saturated rings. The first kappa shape index (κ1) is 14.0. The molecule has 0 radical (unpaired) electrons. The van der Waals surface area contributed by atoms with Crippen LogP contribution in [0.25, 0.3) is 0 Å². The van der Waals surface area contributed by atoms with Crippen molar-refractivity contribution in [3.05, 3.63) is 28.2 Å². The van der Waals surface area contributed by atoms with Crippen LogP contribution in [0.4, 0.5) is 0 Å². The molecule has 0 bridgehead atoms. The van der Waals surface area contributed by atoms with Crippen LogP contribution >= 0.6 is 15.9 Å². The Hall–Kier alpha value is -1.06. The first-order valence-electron chi connectivity index (χ1n) is 4.92. The van der Waals surface area contributed by atoms with E-state index in [1.807, 2.05) is 6.07 Å². The SMILES string of the molecule is CS(=O)(=O)CCCOc1ccc(Br)cc1C#N. The summed E-state index contributed by atoms with van der Waals surface area (Å²) in [6.45, 7) is 0.281. The number of benzene rings is 1. The predicted molar refractivity (Wildman–Crippen MR) is 68.7 cm³/mol. The molecule has 0 saturated heterocycles. The number of ether oxygens (including phenoxy) is 1. The molecule has 6 heteroatoms. The zero-order valence-corrected chi connectivity index (χ0v) is 11.7. The molecule has 0 amide bonds. The summed E-state index contributed by atoms with van der Waals surface area (Å²) in [4.78, 5) is 0. The Morgan fingerprint density at radius 3 is 2.76 bits per heavy atom. The number of rotatable bonds is 5. The standard InChI is InChI=1S/C11H12BrNO3S/c1-17(14,15)6-2-5-16-11-4-3-10(12)7-9(11)8-13/h3-4,7H,2,5-6H2,1H3. The molecule has 1 aromatic rings. The molecule has 0 heterocycles. The Morgan fingerprint density at radius 1 is 1.47 bits per heavy atom. The van der Waals surface area contributed by atoms with Crippen molar-refractivity contribution >= 4 is 25.8 Å². The van der Waals surface area contributed by atoms with Crippen molar-refractivity contribution in [1.29, 1.82) is 5.26 Å². The number of hydrogen-bond donors (Lipinski definition) is 0. The lowest BCUT2D eigenvalue weighted by Gasteiger charge is -2.07. The van der Waals surface area contributed by atoms with Gasteiger partial charge in [-0.1, -0.05) is 15.9 Å². The van der Waals surface area contributed by atoms with Gasteiger partial charge in [-0.3, -0.25) is 0 Å². The van der Waals surface area contributed by atoms with E-state index in [1.54, 1.807) is 18.2 Å². The molecule has 0 aromatic heterocycles. The Morgan fingerprint density at radius 2 is 2.18 bits per heavy atom. The van der Waals surface area contributed by atoms with E-state index in [4.69, 9.17) is 10.00 Å². The highest BCUT2D eigenvalue weighted by molar-refractivity contribution is 9.10. The van der Waals surface area contributed by atoms with Crippen LogP contribution in [0, 0.1) is 11.3 Å². The molecular weight excluding hydrogens is 306 g/mol. The molecule has 1 rings (SSSR count). The first-order valence-corrected chi connectivity index (χ1v) is 7.78. The van der Waals surface area contributed by atoms with Crippen LogP contribution in [0.15, 0.2) is 22.7 Å². The number of sulfone groups is 1. The third-order valence-electron chi connectivity index (χ3n) is 1.98. The summed E-state index contributed by atoms with van der Waals surface area (Å²) in [6, 6.07) is 7.13. The first-order chi connectivity index (χ1) is 7.92. The van der Waals surface area contributed by atoms with E-state index in [0.717, 1.165) is 4.47 Å². The van der Waals surface area contributed by atoms with Crippen LogP contribution in [-0.2, 0) is 9.84 Å². The van der Waals surface area contributed by atoms with E-state index >= 15 is 0 Å². The highest BCUT2D eigenvalue weighted by Crippen LogP contribution is 2.22. The molecule has 0 unspecified atom stereocenters. The predicted octanol–water partition coefficient (Wildman–Crippen LogP) is 2.13. The largest absolute Gasteiger partial charge is 0.492 e. The molecule has 4 nitrogen and oxygen atoms in total. The summed E-state index contributed by atoms with van der Waals surface area (Å²) in [5.41, 5.74) is 0.429. The van der Waals surface area contributed by atoms with Gasteiger partial charge in [-0.05, 0) is 24.6 Å². The number of nitriles is 1. The highest BCUT2D eigenvalue weighted by atomic mass is 79.9. The average molecular weight is 318 g/mol. The minimum atomic E-state index is -2.95. The molecule has 92 valence electrons. The fourth-order valence-corrected chi connectivity index (χ4v) is 2.22. The van der Waals surface area contributed by atoms with Crippen molar-refractivity contribution in [2.24, 2.45) is 0 Å². The monoisotopic (exact) mass is 317 g/mol. The lowest BCUT2D eigenvalue weighted by atomic mass is 10.2. The van der Waals surface area contributed by atoms with Gasteiger partial charge in [-0.15, -0.1) is 0 Å². The Bertz CT molecular complexity index is 534. The van der Waals surface area contributed by atoms with Gasteiger partial charge in [0, 0.05) is 10.7 Å². The van der Waals surface area contributed by atoms with Gasteiger partial charge in [0.15, 0.2) is 0 Å². The van der Waals surface area contributed by atoms with Gasteiger partial charge >= 0.3 is 0 Å². The topological polar surface area (TPSA) is 67.2 Å². The van der Waals surface area contributed by atoms with Crippen molar-refractivity contribution < 1.29 is 13.2 Å². The maximum absolute atomic E-state index is 10.9. The van der Waals surface area contributed by atoms with E-state index in [0.29, 0.717) is 17.7 Å². The van der Waals surface area contributed by atoms with Crippen molar-refractivity contribution in [3.8, 4) is 11.8 Å². The smallest absolute Gasteiger partial charge is 0.147 e. The molecule has 0 N–H and O–H groups in total. The van der Waals surface area contributed by atoms with Gasteiger partial charge in [0.2, 0.25) is 0 Å². The molecule has 0 spiro atoms. The van der Waals surface area contributed by atoms with Crippen molar-refractivity contribution in [2.75, 3.05) is 18.6 Å². The molecule has 0 aliphatic heterocycles. The second-order valence-electron chi connectivity index (χ2n) is 3.58. The summed E-state index contributed by atoms with van der Waals surface area (Å²) in [5.74, 6) is 0.565. The van der Waals surface area contributed by atoms with E-state index in [-0.39, 0.29) is 12.4 Å². The molecule has 0 saturated carbocycles. The summed E-state index contributed by atoms with van der Waals surface area (Å²) in [7, 11) is -2.95. The maximum atomic E-state index is 10.9. The Labute approximate surface area is 109 Å². The molecule has 0 atom stereocenters. The van der Waals surface area contributed by atoms with E-state index < -0.39 is 9.84 Å². The van der Waals surface area contributed by atoms with Crippen LogP contribution < -0.4 is 4.74 Å². The summed E-state index contributed by atoms with van der Waals surface area (Å²) in [6.07, 6.45) is 1.60. The highest BCUT2D eigenvalue weighted by Gasteiger charge is 2.05. The fourth-order valence-electron chi connectivity index (χ4n) is 1.22. The second kappa shape index (κ2) is 6.03. The van der Waals surface area contributed by atoms with Crippen molar-refractivity contribution in [3.63, 3.8) is 0 Å².